The molecule has 0 saturated carbocycles. The minimum atomic E-state index is -1.07. The molecular formula is C15H17N3O5. The highest BCUT2D eigenvalue weighted by Gasteiger charge is 2.19. The summed E-state index contributed by atoms with van der Waals surface area (Å²) in [6.07, 6.45) is 5.69. The third-order valence-electron chi connectivity index (χ3n) is 3.11. The smallest absolute Gasteiger partial charge is 0.326 e. The Bertz CT molecular complexity index is 662. The maximum absolute atomic E-state index is 11.8. The van der Waals surface area contributed by atoms with Gasteiger partial charge < -0.3 is 19.4 Å². The maximum atomic E-state index is 11.8. The predicted octanol–water partition coefficient (Wildman–Crippen LogP) is 1.80. The fraction of sp³-hybridized carbons (Fsp3) is 0.333. The Labute approximate surface area is 132 Å². The van der Waals surface area contributed by atoms with Crippen LogP contribution in [0, 0.1) is 0 Å². The van der Waals surface area contributed by atoms with E-state index >= 15 is 0 Å². The van der Waals surface area contributed by atoms with Crippen LogP contribution in [-0.2, 0) is 16.0 Å². The van der Waals surface area contributed by atoms with Crippen molar-refractivity contribution >= 4 is 11.9 Å². The van der Waals surface area contributed by atoms with E-state index in [1.807, 2.05) is 0 Å². The summed E-state index contributed by atoms with van der Waals surface area (Å²) < 4.78 is 9.97. The molecule has 0 saturated heterocycles. The Hall–Kier alpha value is -2.90. The van der Waals surface area contributed by atoms with Gasteiger partial charge in [0.1, 0.15) is 12.3 Å². The van der Waals surface area contributed by atoms with Crippen molar-refractivity contribution in [3.05, 3.63) is 37.1 Å². The molecule has 2 heterocycles. The monoisotopic (exact) mass is 319 g/mol. The lowest BCUT2D eigenvalue weighted by molar-refractivity contribution is -0.142. The largest absolute Gasteiger partial charge is 0.480 e. The lowest BCUT2D eigenvalue weighted by Gasteiger charge is -2.12. The molecule has 0 aliphatic rings. The van der Waals surface area contributed by atoms with Crippen molar-refractivity contribution < 1.29 is 23.6 Å². The summed E-state index contributed by atoms with van der Waals surface area (Å²) in [5.41, 5.74) is 0.680. The Morgan fingerprint density at radius 2 is 2.30 bits per heavy atom. The third-order valence-corrected chi connectivity index (χ3v) is 3.11. The average Bonchev–Trinajstić information content (AvgIpc) is 3.19. The molecule has 8 heteroatoms. The predicted molar refractivity (Wildman–Crippen MR) is 79.3 cm³/mol. The molecule has 0 aliphatic heterocycles. The normalized spacial score (nSPS) is 11.8. The van der Waals surface area contributed by atoms with Gasteiger partial charge in [0.05, 0.1) is 11.8 Å². The molecule has 2 aromatic rings. The number of aromatic nitrogens is 2. The van der Waals surface area contributed by atoms with Crippen molar-refractivity contribution in [2.24, 2.45) is 0 Å². The molecular weight excluding hydrogens is 302 g/mol. The van der Waals surface area contributed by atoms with E-state index in [1.165, 1.54) is 12.5 Å². The van der Waals surface area contributed by atoms with Crippen LogP contribution in [0.25, 0.3) is 11.4 Å². The van der Waals surface area contributed by atoms with Gasteiger partial charge in [-0.3, -0.25) is 4.79 Å². The van der Waals surface area contributed by atoms with Gasteiger partial charge in [-0.15, -0.1) is 6.58 Å². The van der Waals surface area contributed by atoms with Gasteiger partial charge in [0.25, 0.3) is 0 Å². The van der Waals surface area contributed by atoms with Crippen molar-refractivity contribution in [1.29, 1.82) is 0 Å². The van der Waals surface area contributed by atoms with Crippen molar-refractivity contribution in [2.45, 2.75) is 31.7 Å². The first kappa shape index (κ1) is 16.5. The highest BCUT2D eigenvalue weighted by Crippen LogP contribution is 2.16. The summed E-state index contributed by atoms with van der Waals surface area (Å²) in [4.78, 5) is 27.0. The minimum absolute atomic E-state index is 0.0604. The molecule has 0 radical (unpaired) electrons. The molecule has 2 rings (SSSR count). The number of furan rings is 1. The number of carboxylic acids is 1. The van der Waals surface area contributed by atoms with Crippen molar-refractivity contribution in [2.75, 3.05) is 0 Å². The summed E-state index contributed by atoms with van der Waals surface area (Å²) in [6, 6.07) is 0.767. The molecule has 2 aromatic heterocycles. The molecule has 2 N–H and O–H groups in total. The first-order valence-electron chi connectivity index (χ1n) is 7.08. The fourth-order valence-corrected chi connectivity index (χ4v) is 1.89. The van der Waals surface area contributed by atoms with Crippen LogP contribution in [0.5, 0.6) is 0 Å². The second-order valence-corrected chi connectivity index (χ2v) is 4.85. The van der Waals surface area contributed by atoms with E-state index in [2.05, 4.69) is 22.0 Å². The summed E-state index contributed by atoms with van der Waals surface area (Å²) in [7, 11) is 0. The number of carbonyl (C=O) groups excluding carboxylic acids is 1. The highest BCUT2D eigenvalue weighted by molar-refractivity contribution is 5.83. The molecule has 0 aromatic carbocycles. The standard InChI is InChI=1S/C15H17N3O5/c1-2-3-4-11(15(20)21)16-12(19)5-6-13-17-14(18-23-13)10-7-8-22-9-10/h2,7-9,11H,1,3-6H2,(H,16,19)(H,20,21). The number of aryl methyl sites for hydroxylation is 1. The van der Waals surface area contributed by atoms with Gasteiger partial charge in [0, 0.05) is 12.8 Å². The fourth-order valence-electron chi connectivity index (χ4n) is 1.89. The van der Waals surface area contributed by atoms with Crippen LogP contribution in [0.2, 0.25) is 0 Å². The maximum Gasteiger partial charge on any atom is 0.326 e. The molecule has 1 atom stereocenters. The number of hydrogen-bond acceptors (Lipinski definition) is 6. The minimum Gasteiger partial charge on any atom is -0.480 e. The van der Waals surface area contributed by atoms with E-state index in [9.17, 15) is 9.59 Å². The van der Waals surface area contributed by atoms with Crippen LogP contribution in [0.15, 0.2) is 40.2 Å². The summed E-state index contributed by atoms with van der Waals surface area (Å²) in [6.45, 7) is 3.53. The van der Waals surface area contributed by atoms with Crippen molar-refractivity contribution in [3.8, 4) is 11.4 Å². The molecule has 122 valence electrons. The number of hydrogen-bond donors (Lipinski definition) is 2. The Morgan fingerprint density at radius 1 is 1.48 bits per heavy atom. The van der Waals surface area contributed by atoms with Gasteiger partial charge in [-0.25, -0.2) is 4.79 Å². The number of nitrogens with zero attached hydrogens (tertiary/aromatic N) is 2. The number of carboxylic acid groups (broad SMARTS) is 1. The van der Waals surface area contributed by atoms with Crippen molar-refractivity contribution in [1.82, 2.24) is 15.5 Å². The van der Waals surface area contributed by atoms with Crippen LogP contribution >= 0.6 is 0 Å². The molecule has 23 heavy (non-hydrogen) atoms. The number of aliphatic carboxylic acids is 1. The van der Waals surface area contributed by atoms with Crippen LogP contribution in [0.3, 0.4) is 0 Å². The van der Waals surface area contributed by atoms with Gasteiger partial charge >= 0.3 is 5.97 Å². The SMILES string of the molecule is C=CCCC(NC(=O)CCc1nc(-c2ccoc2)no1)C(=O)O. The Kier molecular flexibility index (Phi) is 5.67. The number of rotatable bonds is 9. The first-order chi connectivity index (χ1) is 11.1. The number of amides is 1. The zero-order chi connectivity index (χ0) is 16.7. The van der Waals surface area contributed by atoms with E-state index in [0.717, 1.165) is 0 Å². The average molecular weight is 319 g/mol. The van der Waals surface area contributed by atoms with Gasteiger partial charge in [0.15, 0.2) is 0 Å². The van der Waals surface area contributed by atoms with Gasteiger partial charge in [-0.05, 0) is 18.9 Å². The van der Waals surface area contributed by atoms with Crippen LogP contribution < -0.4 is 5.32 Å². The molecule has 0 spiro atoms. The summed E-state index contributed by atoms with van der Waals surface area (Å²) >= 11 is 0. The van der Waals surface area contributed by atoms with Gasteiger partial charge in [0.2, 0.25) is 17.6 Å². The van der Waals surface area contributed by atoms with Crippen LogP contribution in [0.4, 0.5) is 0 Å². The van der Waals surface area contributed by atoms with Crippen molar-refractivity contribution in [3.63, 3.8) is 0 Å². The zero-order valence-corrected chi connectivity index (χ0v) is 12.4. The number of carbonyl (C=O) groups is 2. The Balaban J connectivity index is 1.84. The lowest BCUT2D eigenvalue weighted by Crippen LogP contribution is -2.40. The molecule has 8 nitrogen and oxygen atoms in total. The Morgan fingerprint density at radius 3 is 2.96 bits per heavy atom. The molecule has 1 unspecified atom stereocenters. The third kappa shape index (κ3) is 4.80. The van der Waals surface area contributed by atoms with Gasteiger partial charge in [-0.2, -0.15) is 4.98 Å². The lowest BCUT2D eigenvalue weighted by atomic mass is 10.1. The zero-order valence-electron chi connectivity index (χ0n) is 12.4. The second-order valence-electron chi connectivity index (χ2n) is 4.85. The van der Waals surface area contributed by atoms with Crippen LogP contribution in [0.1, 0.15) is 25.2 Å². The van der Waals surface area contributed by atoms with E-state index in [-0.39, 0.29) is 18.7 Å². The topological polar surface area (TPSA) is 118 Å². The molecule has 1 amide bonds. The quantitative estimate of drug-likeness (QED) is 0.676. The summed E-state index contributed by atoms with van der Waals surface area (Å²) in [5.74, 6) is -0.775. The molecule has 0 aliphatic carbocycles. The second kappa shape index (κ2) is 7.92. The first-order valence-corrected chi connectivity index (χ1v) is 7.08. The molecule has 0 bridgehead atoms. The highest BCUT2D eigenvalue weighted by atomic mass is 16.5. The van der Waals surface area contributed by atoms with E-state index in [1.54, 1.807) is 12.1 Å². The van der Waals surface area contributed by atoms with E-state index in [0.29, 0.717) is 30.1 Å². The number of allylic oxidation sites excluding steroid dienone is 1. The van der Waals surface area contributed by atoms with Gasteiger partial charge in [-0.1, -0.05) is 11.2 Å². The van der Waals surface area contributed by atoms with Crippen LogP contribution in [-0.4, -0.2) is 33.2 Å². The van der Waals surface area contributed by atoms with E-state index in [4.69, 9.17) is 14.0 Å². The summed E-state index contributed by atoms with van der Waals surface area (Å²) in [5, 5.41) is 15.3. The molecule has 0 fully saturated rings. The number of nitrogens with one attached hydrogen (secondary N) is 1. The van der Waals surface area contributed by atoms with E-state index < -0.39 is 12.0 Å².